The van der Waals surface area contributed by atoms with Crippen molar-refractivity contribution in [3.05, 3.63) is 17.7 Å². The van der Waals surface area contributed by atoms with Gasteiger partial charge in [0.1, 0.15) is 0 Å². The summed E-state index contributed by atoms with van der Waals surface area (Å²) < 4.78 is 20.7. The fraction of sp³-hybridized carbons (Fsp3) is 0.500. The van der Waals surface area contributed by atoms with Crippen molar-refractivity contribution in [3.63, 3.8) is 0 Å². The summed E-state index contributed by atoms with van der Waals surface area (Å²) in [6, 6.07) is 3.18. The fourth-order valence-corrected chi connectivity index (χ4v) is 2.20. The monoisotopic (exact) mass is 297 g/mol. The van der Waals surface area contributed by atoms with Gasteiger partial charge in [0.15, 0.2) is 17.8 Å². The van der Waals surface area contributed by atoms with E-state index in [4.69, 9.17) is 18.9 Å². The minimum atomic E-state index is -0.954. The van der Waals surface area contributed by atoms with Crippen molar-refractivity contribution < 1.29 is 28.8 Å². The quantitative estimate of drug-likeness (QED) is 0.872. The molecule has 2 rings (SSSR count). The lowest BCUT2D eigenvalue weighted by molar-refractivity contribution is -0.137. The smallest absolute Gasteiger partial charge is 0.254 e. The zero-order valence-corrected chi connectivity index (χ0v) is 12.3. The highest BCUT2D eigenvalue weighted by atomic mass is 16.6. The molecule has 0 aliphatic carbocycles. The second-order valence-corrected chi connectivity index (χ2v) is 4.49. The highest BCUT2D eigenvalue weighted by molar-refractivity contribution is 5.95. The van der Waals surface area contributed by atoms with Crippen LogP contribution in [0.2, 0.25) is 0 Å². The lowest BCUT2D eigenvalue weighted by Crippen LogP contribution is -2.45. The summed E-state index contributed by atoms with van der Waals surface area (Å²) >= 11 is 0. The van der Waals surface area contributed by atoms with E-state index >= 15 is 0 Å². The number of ether oxygens (including phenoxy) is 4. The number of rotatable bonds is 4. The summed E-state index contributed by atoms with van der Waals surface area (Å²) in [4.78, 5) is 14.0. The Balaban J connectivity index is 2.32. The molecule has 1 aliphatic rings. The Morgan fingerprint density at radius 2 is 1.86 bits per heavy atom. The zero-order valence-electron chi connectivity index (χ0n) is 12.3. The zero-order chi connectivity index (χ0) is 15.4. The summed E-state index contributed by atoms with van der Waals surface area (Å²) in [6.07, 6.45) is -0.954. The molecule has 0 radical (unpaired) electrons. The highest BCUT2D eigenvalue weighted by Crippen LogP contribution is 2.38. The Kier molecular flexibility index (Phi) is 4.87. The van der Waals surface area contributed by atoms with Gasteiger partial charge in [0, 0.05) is 12.1 Å². The van der Waals surface area contributed by atoms with Crippen LogP contribution in [0.4, 0.5) is 0 Å². The van der Waals surface area contributed by atoms with Gasteiger partial charge in [-0.2, -0.15) is 0 Å². The summed E-state index contributed by atoms with van der Waals surface area (Å²) in [7, 11) is 4.48. The van der Waals surface area contributed by atoms with Gasteiger partial charge < -0.3 is 29.0 Å². The largest absolute Gasteiger partial charge is 0.493 e. The number of benzene rings is 1. The van der Waals surface area contributed by atoms with E-state index < -0.39 is 6.29 Å². The van der Waals surface area contributed by atoms with E-state index in [1.165, 1.54) is 26.2 Å². The maximum atomic E-state index is 12.5. The topological polar surface area (TPSA) is 77.5 Å². The first-order valence-corrected chi connectivity index (χ1v) is 6.49. The number of β-amino-alcohol motifs (C(OH)–C–C–N with tert-alkyl or cyclic N) is 1. The minimum absolute atomic E-state index is 0.134. The maximum absolute atomic E-state index is 12.5. The lowest BCUT2D eigenvalue weighted by Gasteiger charge is -2.30. The van der Waals surface area contributed by atoms with Gasteiger partial charge in [-0.15, -0.1) is 0 Å². The van der Waals surface area contributed by atoms with Gasteiger partial charge in [-0.25, -0.2) is 0 Å². The first-order chi connectivity index (χ1) is 10.1. The van der Waals surface area contributed by atoms with Crippen molar-refractivity contribution >= 4 is 5.91 Å². The van der Waals surface area contributed by atoms with E-state index in [0.29, 0.717) is 36.0 Å². The predicted octanol–water partition coefficient (Wildman–Crippen LogP) is 0.503. The lowest BCUT2D eigenvalue weighted by atomic mass is 10.1. The van der Waals surface area contributed by atoms with Gasteiger partial charge in [-0.1, -0.05) is 0 Å². The Hall–Kier alpha value is -1.99. The average molecular weight is 297 g/mol. The minimum Gasteiger partial charge on any atom is -0.493 e. The van der Waals surface area contributed by atoms with Gasteiger partial charge in [0.05, 0.1) is 34.5 Å². The molecule has 0 spiro atoms. The molecule has 7 nitrogen and oxygen atoms in total. The Morgan fingerprint density at radius 1 is 1.24 bits per heavy atom. The average Bonchev–Trinajstić information content (AvgIpc) is 2.52. The van der Waals surface area contributed by atoms with Gasteiger partial charge >= 0.3 is 0 Å². The van der Waals surface area contributed by atoms with Crippen LogP contribution in [0, 0.1) is 0 Å². The third-order valence-corrected chi connectivity index (χ3v) is 3.25. The first kappa shape index (κ1) is 15.4. The Labute approximate surface area is 123 Å². The van der Waals surface area contributed by atoms with Crippen LogP contribution in [0.1, 0.15) is 10.4 Å². The number of aliphatic hydroxyl groups excluding tert-OH is 1. The third-order valence-electron chi connectivity index (χ3n) is 3.25. The standard InChI is InChI=1S/C14H19NO6/c1-18-10-6-9(7-11(19-2)13(10)20-3)14(17)15-4-5-21-12(16)8-15/h6-7,12,16H,4-5,8H2,1-3H3. The molecular formula is C14H19NO6. The van der Waals surface area contributed by atoms with Crippen LogP contribution in [0.25, 0.3) is 0 Å². The van der Waals surface area contributed by atoms with E-state index in [2.05, 4.69) is 0 Å². The fourth-order valence-electron chi connectivity index (χ4n) is 2.20. The van der Waals surface area contributed by atoms with Crippen molar-refractivity contribution in [3.8, 4) is 17.2 Å². The van der Waals surface area contributed by atoms with Crippen LogP contribution in [0.5, 0.6) is 17.2 Å². The molecule has 1 N–H and O–H groups in total. The molecule has 7 heteroatoms. The van der Waals surface area contributed by atoms with Gasteiger partial charge in [0.25, 0.3) is 5.91 Å². The summed E-state index contributed by atoms with van der Waals surface area (Å²) in [5.74, 6) is 1.03. The number of morpholine rings is 1. The predicted molar refractivity (Wildman–Crippen MR) is 74.0 cm³/mol. The molecule has 0 bridgehead atoms. The van der Waals surface area contributed by atoms with Crippen LogP contribution in [0.15, 0.2) is 12.1 Å². The van der Waals surface area contributed by atoms with Crippen molar-refractivity contribution in [2.24, 2.45) is 0 Å². The molecule has 116 valence electrons. The van der Waals surface area contributed by atoms with Crippen molar-refractivity contribution in [1.82, 2.24) is 4.90 Å². The molecule has 1 aliphatic heterocycles. The van der Waals surface area contributed by atoms with Gasteiger partial charge in [-0.3, -0.25) is 4.79 Å². The van der Waals surface area contributed by atoms with Gasteiger partial charge in [0.2, 0.25) is 5.75 Å². The van der Waals surface area contributed by atoms with Crippen LogP contribution in [-0.4, -0.2) is 63.2 Å². The number of carbonyl (C=O) groups is 1. The molecule has 1 fully saturated rings. The molecule has 0 saturated carbocycles. The van der Waals surface area contributed by atoms with Gasteiger partial charge in [-0.05, 0) is 12.1 Å². The van der Waals surface area contributed by atoms with Crippen molar-refractivity contribution in [1.29, 1.82) is 0 Å². The number of carbonyl (C=O) groups excluding carboxylic acids is 1. The van der Waals surface area contributed by atoms with Crippen molar-refractivity contribution in [2.45, 2.75) is 6.29 Å². The summed E-state index contributed by atoms with van der Waals surface area (Å²) in [6.45, 7) is 0.860. The number of hydrogen-bond acceptors (Lipinski definition) is 6. The van der Waals surface area contributed by atoms with Crippen LogP contribution in [0.3, 0.4) is 0 Å². The second-order valence-electron chi connectivity index (χ2n) is 4.49. The summed E-state index contributed by atoms with van der Waals surface area (Å²) in [5, 5.41) is 9.47. The normalized spacial score (nSPS) is 18.3. The molecule has 1 unspecified atom stereocenters. The maximum Gasteiger partial charge on any atom is 0.254 e. The number of amides is 1. The Morgan fingerprint density at radius 3 is 2.33 bits per heavy atom. The first-order valence-electron chi connectivity index (χ1n) is 6.49. The molecule has 1 aromatic rings. The van der Waals surface area contributed by atoms with E-state index in [-0.39, 0.29) is 12.5 Å². The molecule has 21 heavy (non-hydrogen) atoms. The SMILES string of the molecule is COc1cc(C(=O)N2CCOC(O)C2)cc(OC)c1OC. The molecule has 1 amide bonds. The van der Waals surface area contributed by atoms with Crippen LogP contribution in [-0.2, 0) is 4.74 Å². The van der Waals surface area contributed by atoms with Crippen molar-refractivity contribution in [2.75, 3.05) is 41.0 Å². The van der Waals surface area contributed by atoms with Crippen LogP contribution < -0.4 is 14.2 Å². The summed E-state index contributed by atoms with van der Waals surface area (Å²) in [5.41, 5.74) is 0.401. The molecule has 1 atom stereocenters. The second kappa shape index (κ2) is 6.64. The van der Waals surface area contributed by atoms with E-state index in [0.717, 1.165) is 0 Å². The number of nitrogens with zero attached hydrogens (tertiary/aromatic N) is 1. The molecular weight excluding hydrogens is 278 g/mol. The molecule has 1 saturated heterocycles. The highest BCUT2D eigenvalue weighted by Gasteiger charge is 2.25. The van der Waals surface area contributed by atoms with E-state index in [9.17, 15) is 9.90 Å². The van der Waals surface area contributed by atoms with E-state index in [1.807, 2.05) is 0 Å². The molecule has 1 aromatic carbocycles. The number of aliphatic hydroxyl groups is 1. The number of hydrogen-bond donors (Lipinski definition) is 1. The molecule has 0 aromatic heterocycles. The Bertz CT molecular complexity index is 493. The molecule has 1 heterocycles. The van der Waals surface area contributed by atoms with E-state index in [1.54, 1.807) is 12.1 Å². The van der Waals surface area contributed by atoms with Crippen LogP contribution >= 0.6 is 0 Å². The third kappa shape index (κ3) is 3.20. The number of methoxy groups -OCH3 is 3.